The monoisotopic (exact) mass is 318 g/mol. The van der Waals surface area contributed by atoms with Crippen molar-refractivity contribution < 1.29 is 12.6 Å². The fourth-order valence-electron chi connectivity index (χ4n) is 2.46. The molecule has 1 aliphatic heterocycles. The van der Waals surface area contributed by atoms with Gasteiger partial charge in [-0.25, -0.2) is 4.18 Å². The molecule has 1 unspecified atom stereocenters. The van der Waals surface area contributed by atoms with Crippen molar-refractivity contribution in [1.82, 2.24) is 9.80 Å². The van der Waals surface area contributed by atoms with Gasteiger partial charge < -0.3 is 9.80 Å². The van der Waals surface area contributed by atoms with E-state index in [2.05, 4.69) is 6.92 Å². The summed E-state index contributed by atoms with van der Waals surface area (Å²) in [4.78, 5) is 3.71. The highest BCUT2D eigenvalue weighted by atomic mass is 32.2. The van der Waals surface area contributed by atoms with Gasteiger partial charge in [-0.3, -0.25) is 0 Å². The molecule has 1 aliphatic rings. The molecule has 0 saturated carbocycles. The Balaban J connectivity index is 2.17. The van der Waals surface area contributed by atoms with Crippen LogP contribution in [0.25, 0.3) is 0 Å². The molecule has 0 N–H and O–H groups in total. The summed E-state index contributed by atoms with van der Waals surface area (Å²) in [5.41, 5.74) is 0. The van der Waals surface area contributed by atoms with E-state index >= 15 is 0 Å². The Morgan fingerprint density at radius 2 is 1.57 bits per heavy atom. The number of nitrogens with zero attached hydrogens (tertiary/aromatic N) is 2. The molecule has 1 atom stereocenters. The van der Waals surface area contributed by atoms with Crippen LogP contribution in [0.5, 0.6) is 0 Å². The summed E-state index contributed by atoms with van der Waals surface area (Å²) >= 11 is 0. The first-order valence-corrected chi connectivity index (χ1v) is 9.80. The third-order valence-electron chi connectivity index (χ3n) is 3.66. The number of hydrogen-bond donors (Lipinski definition) is 0. The van der Waals surface area contributed by atoms with E-state index in [-0.39, 0.29) is 0 Å². The van der Waals surface area contributed by atoms with Gasteiger partial charge in [0.2, 0.25) is 6.35 Å². The average Bonchev–Trinajstić information content (AvgIpc) is 2.73. The normalized spacial score (nSPS) is 18.7. The maximum atomic E-state index is 11.3. The third-order valence-corrected chi connectivity index (χ3v) is 4.18. The molecular weight excluding hydrogens is 288 g/mol. The zero-order valence-corrected chi connectivity index (χ0v) is 14.4. The van der Waals surface area contributed by atoms with E-state index in [1.54, 1.807) is 4.90 Å². The van der Waals surface area contributed by atoms with Gasteiger partial charge in [-0.05, 0) is 6.42 Å². The van der Waals surface area contributed by atoms with E-state index in [0.29, 0.717) is 0 Å². The van der Waals surface area contributed by atoms with Crippen LogP contribution >= 0.6 is 0 Å². The van der Waals surface area contributed by atoms with Crippen LogP contribution in [0.3, 0.4) is 0 Å². The van der Waals surface area contributed by atoms with Crippen LogP contribution in [0, 0.1) is 0 Å². The largest absolute Gasteiger partial charge is 0.336 e. The third kappa shape index (κ3) is 7.71. The molecule has 6 heteroatoms. The Hall–Kier alpha value is -0.750. The molecular formula is C15H30N2O3S. The molecule has 124 valence electrons. The van der Waals surface area contributed by atoms with Gasteiger partial charge in [-0.2, -0.15) is 8.42 Å². The molecule has 0 amide bonds. The van der Waals surface area contributed by atoms with Crippen molar-refractivity contribution in [3.63, 3.8) is 0 Å². The van der Waals surface area contributed by atoms with Gasteiger partial charge in [0.05, 0.1) is 6.26 Å². The molecule has 0 bridgehead atoms. The van der Waals surface area contributed by atoms with Crippen LogP contribution in [-0.2, 0) is 14.3 Å². The predicted octanol–water partition coefficient (Wildman–Crippen LogP) is 3.11. The first-order chi connectivity index (χ1) is 9.94. The molecule has 0 aromatic carbocycles. The Morgan fingerprint density at radius 1 is 1.00 bits per heavy atom. The van der Waals surface area contributed by atoms with E-state index in [4.69, 9.17) is 4.18 Å². The lowest BCUT2D eigenvalue weighted by Gasteiger charge is -2.28. The lowest BCUT2D eigenvalue weighted by Crippen LogP contribution is -2.40. The van der Waals surface area contributed by atoms with Crippen molar-refractivity contribution in [3.05, 3.63) is 12.4 Å². The van der Waals surface area contributed by atoms with Crippen molar-refractivity contribution in [2.24, 2.45) is 0 Å². The number of hydrogen-bond acceptors (Lipinski definition) is 5. The molecule has 0 aliphatic carbocycles. The van der Waals surface area contributed by atoms with E-state index in [0.717, 1.165) is 19.2 Å². The minimum Gasteiger partial charge on any atom is -0.336 e. The molecule has 1 rings (SSSR count). The van der Waals surface area contributed by atoms with Crippen LogP contribution in [0.1, 0.15) is 58.3 Å². The van der Waals surface area contributed by atoms with E-state index in [1.165, 1.54) is 44.9 Å². The van der Waals surface area contributed by atoms with Crippen LogP contribution in [0.4, 0.5) is 0 Å². The zero-order chi connectivity index (χ0) is 15.7. The highest BCUT2D eigenvalue weighted by Gasteiger charge is 2.27. The molecule has 0 spiro atoms. The van der Waals surface area contributed by atoms with Crippen LogP contribution in [-0.4, -0.2) is 44.4 Å². The van der Waals surface area contributed by atoms with E-state index < -0.39 is 16.5 Å². The fraction of sp³-hybridized carbons (Fsp3) is 0.867. The van der Waals surface area contributed by atoms with Crippen molar-refractivity contribution in [2.75, 3.05) is 19.8 Å². The maximum absolute atomic E-state index is 11.3. The standard InChI is InChI=1S/C15H30N2O3S/c1-4-5-6-7-8-9-10-11-12-17-14-13-16(2)15(17)20-21(3,18)19/h13-15H,4-12H2,1-3H3. The summed E-state index contributed by atoms with van der Waals surface area (Å²) in [5.74, 6) is 0. The quantitative estimate of drug-likeness (QED) is 0.433. The van der Waals surface area contributed by atoms with E-state index in [1.807, 2.05) is 24.3 Å². The van der Waals surface area contributed by atoms with E-state index in [9.17, 15) is 8.42 Å². The zero-order valence-electron chi connectivity index (χ0n) is 13.6. The topological polar surface area (TPSA) is 49.9 Å². The van der Waals surface area contributed by atoms with Gasteiger partial charge in [0.1, 0.15) is 0 Å². The van der Waals surface area contributed by atoms with Crippen molar-refractivity contribution >= 4 is 10.1 Å². The summed E-state index contributed by atoms with van der Waals surface area (Å²) in [6.07, 6.45) is 14.4. The first kappa shape index (κ1) is 18.3. The second kappa shape index (κ2) is 9.30. The predicted molar refractivity (Wildman–Crippen MR) is 85.9 cm³/mol. The molecule has 0 aromatic rings. The van der Waals surface area contributed by atoms with Crippen molar-refractivity contribution in [1.29, 1.82) is 0 Å². The Morgan fingerprint density at radius 3 is 2.14 bits per heavy atom. The Labute approximate surface area is 130 Å². The Bertz CT molecular complexity index is 409. The van der Waals surface area contributed by atoms with Crippen molar-refractivity contribution in [3.8, 4) is 0 Å². The van der Waals surface area contributed by atoms with Crippen molar-refractivity contribution in [2.45, 2.75) is 64.6 Å². The lowest BCUT2D eigenvalue weighted by molar-refractivity contribution is -0.00832. The summed E-state index contributed by atoms with van der Waals surface area (Å²) < 4.78 is 27.7. The molecule has 0 aromatic heterocycles. The van der Waals surface area contributed by atoms with Crippen LogP contribution in [0.15, 0.2) is 12.4 Å². The second-order valence-corrected chi connectivity index (χ2v) is 7.40. The number of rotatable bonds is 11. The summed E-state index contributed by atoms with van der Waals surface area (Å²) in [6.45, 7) is 3.06. The van der Waals surface area contributed by atoms with Gasteiger partial charge >= 0.3 is 0 Å². The molecule has 5 nitrogen and oxygen atoms in total. The molecule has 0 radical (unpaired) electrons. The van der Waals surface area contributed by atoms with Gasteiger partial charge in [0.25, 0.3) is 10.1 Å². The van der Waals surface area contributed by atoms with Gasteiger partial charge in [0, 0.05) is 26.0 Å². The van der Waals surface area contributed by atoms with Crippen LogP contribution < -0.4 is 0 Å². The lowest BCUT2D eigenvalue weighted by atomic mass is 10.1. The molecule has 21 heavy (non-hydrogen) atoms. The average molecular weight is 318 g/mol. The maximum Gasteiger partial charge on any atom is 0.267 e. The van der Waals surface area contributed by atoms with Gasteiger partial charge in [-0.15, -0.1) is 0 Å². The summed E-state index contributed by atoms with van der Waals surface area (Å²) in [5, 5.41) is 0. The number of unbranched alkanes of at least 4 members (excludes halogenated alkanes) is 7. The summed E-state index contributed by atoms with van der Waals surface area (Å²) in [6, 6.07) is 0. The molecule has 0 saturated heterocycles. The molecule has 1 heterocycles. The van der Waals surface area contributed by atoms with Crippen LogP contribution in [0.2, 0.25) is 0 Å². The van der Waals surface area contributed by atoms with Gasteiger partial charge in [0.15, 0.2) is 0 Å². The smallest absolute Gasteiger partial charge is 0.267 e. The summed E-state index contributed by atoms with van der Waals surface area (Å²) in [7, 11) is -1.63. The minimum atomic E-state index is -3.44. The minimum absolute atomic E-state index is 0.524. The highest BCUT2D eigenvalue weighted by molar-refractivity contribution is 7.86. The second-order valence-electron chi connectivity index (χ2n) is 5.80. The Kier molecular flexibility index (Phi) is 8.11. The first-order valence-electron chi connectivity index (χ1n) is 7.98. The SMILES string of the molecule is CCCCCCCCCCN1C=CN(C)C1OS(C)(=O)=O. The molecule has 0 fully saturated rings. The van der Waals surface area contributed by atoms with Gasteiger partial charge in [-0.1, -0.05) is 51.9 Å². The highest BCUT2D eigenvalue weighted by Crippen LogP contribution is 2.18. The fourth-order valence-corrected chi connectivity index (χ4v) is 3.02.